The van der Waals surface area contributed by atoms with Crippen molar-refractivity contribution >= 4 is 16.6 Å². The Morgan fingerprint density at radius 1 is 0.892 bits per heavy atom. The second kappa shape index (κ2) is 8.19. The first-order chi connectivity index (χ1) is 17.8. The minimum Gasteiger partial charge on any atom is -0.497 e. The lowest BCUT2D eigenvalue weighted by Crippen LogP contribution is -2.37. The Hall–Kier alpha value is -4.66. The van der Waals surface area contributed by atoms with Crippen LogP contribution in [0.2, 0.25) is 0 Å². The van der Waals surface area contributed by atoms with Gasteiger partial charge in [-0.1, -0.05) is 24.3 Å². The molecule has 3 aromatic carbocycles. The maximum atomic E-state index is 15.2. The summed E-state index contributed by atoms with van der Waals surface area (Å²) in [6.07, 6.45) is 0. The molecule has 3 heterocycles. The van der Waals surface area contributed by atoms with E-state index in [0.717, 1.165) is 10.6 Å². The second-order valence-corrected chi connectivity index (χ2v) is 8.96. The fourth-order valence-corrected chi connectivity index (χ4v) is 5.22. The van der Waals surface area contributed by atoms with E-state index in [1.165, 1.54) is 23.7 Å². The van der Waals surface area contributed by atoms with Gasteiger partial charge in [-0.2, -0.15) is 0 Å². The van der Waals surface area contributed by atoms with E-state index in [-0.39, 0.29) is 5.56 Å². The first-order valence-corrected chi connectivity index (χ1v) is 11.6. The van der Waals surface area contributed by atoms with Crippen molar-refractivity contribution in [1.29, 1.82) is 0 Å². The Morgan fingerprint density at radius 2 is 1.62 bits per heavy atom. The number of nitrogens with one attached hydrogen (secondary N) is 1. The topological polar surface area (TPSA) is 70.2 Å². The second-order valence-electron chi connectivity index (χ2n) is 8.96. The van der Waals surface area contributed by atoms with Crippen LogP contribution in [0.25, 0.3) is 27.8 Å². The molecular formula is C28H22F2N4O3. The average Bonchev–Trinajstić information content (AvgIpc) is 3.28. The predicted octanol–water partition coefficient (Wildman–Crippen LogP) is 4.50. The van der Waals surface area contributed by atoms with Crippen LogP contribution in [0.4, 0.5) is 14.5 Å². The average molecular weight is 501 g/mol. The van der Waals surface area contributed by atoms with Crippen LogP contribution < -0.4 is 21.3 Å². The lowest BCUT2D eigenvalue weighted by Gasteiger charge is -2.31. The lowest BCUT2D eigenvalue weighted by atomic mass is 9.98. The van der Waals surface area contributed by atoms with Gasteiger partial charge in [-0.25, -0.2) is 13.6 Å². The van der Waals surface area contributed by atoms with Crippen LogP contribution in [-0.2, 0) is 14.1 Å². The monoisotopic (exact) mass is 500 g/mol. The smallest absolute Gasteiger partial charge is 0.331 e. The highest BCUT2D eigenvalue weighted by Gasteiger charge is 2.36. The van der Waals surface area contributed by atoms with E-state index < -0.39 is 28.9 Å². The highest BCUT2D eigenvalue weighted by molar-refractivity contribution is 5.99. The van der Waals surface area contributed by atoms with E-state index >= 15 is 4.39 Å². The Labute approximate surface area is 209 Å². The van der Waals surface area contributed by atoms with Crippen LogP contribution in [0.15, 0.2) is 76.3 Å². The fraction of sp³-hybridized carbons (Fsp3) is 0.143. The number of ether oxygens (including phenoxy) is 1. The molecular weight excluding hydrogens is 478 g/mol. The van der Waals surface area contributed by atoms with Gasteiger partial charge in [-0.05, 0) is 48.0 Å². The number of para-hydroxylation sites is 2. The molecule has 0 radical (unpaired) electrons. The van der Waals surface area contributed by atoms with Gasteiger partial charge < -0.3 is 14.6 Å². The largest absolute Gasteiger partial charge is 0.497 e. The molecule has 0 saturated heterocycles. The number of halogens is 2. The summed E-state index contributed by atoms with van der Waals surface area (Å²) < 4.78 is 39.2. The molecule has 1 N–H and O–H groups in total. The van der Waals surface area contributed by atoms with Crippen LogP contribution in [-0.4, -0.2) is 20.8 Å². The van der Waals surface area contributed by atoms with Crippen LogP contribution in [0.3, 0.4) is 0 Å². The number of nitrogens with zero attached hydrogens (tertiary/aromatic N) is 3. The molecule has 1 aliphatic rings. The van der Waals surface area contributed by atoms with Gasteiger partial charge in [-0.15, -0.1) is 0 Å². The lowest BCUT2D eigenvalue weighted by molar-refractivity contribution is 0.415. The first kappa shape index (κ1) is 22.8. The Bertz CT molecular complexity index is 1830. The molecule has 186 valence electrons. The minimum absolute atomic E-state index is 0.0598. The van der Waals surface area contributed by atoms with E-state index in [0.29, 0.717) is 45.0 Å². The maximum Gasteiger partial charge on any atom is 0.331 e. The van der Waals surface area contributed by atoms with Crippen LogP contribution in [0.1, 0.15) is 17.3 Å². The van der Waals surface area contributed by atoms with Crippen molar-refractivity contribution in [3.05, 3.63) is 110 Å². The normalized spacial score (nSPS) is 14.2. The molecule has 5 aromatic rings. The molecule has 7 nitrogen and oxygen atoms in total. The van der Waals surface area contributed by atoms with Gasteiger partial charge >= 0.3 is 5.69 Å². The molecule has 6 rings (SSSR count). The van der Waals surface area contributed by atoms with E-state index in [1.807, 2.05) is 41.0 Å². The van der Waals surface area contributed by atoms with Crippen molar-refractivity contribution in [2.24, 2.45) is 14.1 Å². The number of hydrogen-bond donors (Lipinski definition) is 1. The Morgan fingerprint density at radius 3 is 2.35 bits per heavy atom. The molecule has 1 aliphatic heterocycles. The summed E-state index contributed by atoms with van der Waals surface area (Å²) in [5, 5.41) is 3.62. The SMILES string of the molecule is COc1ccc(-c2c3c(=O)n(C)c(=O)n(C)c3c3n2-c2ccccc2NC3c2cccc(F)c2F)cc1. The highest BCUT2D eigenvalue weighted by Crippen LogP contribution is 2.46. The summed E-state index contributed by atoms with van der Waals surface area (Å²) in [5.74, 6) is -1.35. The molecule has 0 saturated carbocycles. The molecule has 1 atom stereocenters. The van der Waals surface area contributed by atoms with Gasteiger partial charge in [0.25, 0.3) is 5.56 Å². The molecule has 0 bridgehead atoms. The third-order valence-electron chi connectivity index (χ3n) is 6.98. The molecule has 0 aliphatic carbocycles. The van der Waals surface area contributed by atoms with Gasteiger partial charge in [0.1, 0.15) is 5.75 Å². The molecule has 1 unspecified atom stereocenters. The number of benzene rings is 3. The van der Waals surface area contributed by atoms with E-state index in [2.05, 4.69) is 5.32 Å². The minimum atomic E-state index is -1.000. The van der Waals surface area contributed by atoms with Gasteiger partial charge in [0.2, 0.25) is 0 Å². The molecule has 9 heteroatoms. The van der Waals surface area contributed by atoms with Crippen LogP contribution in [0, 0.1) is 11.6 Å². The van der Waals surface area contributed by atoms with E-state index in [4.69, 9.17) is 4.74 Å². The molecule has 37 heavy (non-hydrogen) atoms. The van der Waals surface area contributed by atoms with Crippen molar-refractivity contribution < 1.29 is 13.5 Å². The standard InChI is InChI=1S/C28H22F2N4O3/c1-32-25-21(27(35)33(2)28(32)36)24(15-11-13-16(37-3)14-12-15)34-20-10-5-4-9-19(20)31-23(26(25)34)17-7-6-8-18(29)22(17)30/h4-14,23,31H,1-3H3. The van der Waals surface area contributed by atoms with E-state index in [1.54, 1.807) is 26.3 Å². The van der Waals surface area contributed by atoms with Crippen LogP contribution in [0.5, 0.6) is 5.75 Å². The Balaban J connectivity index is 1.85. The summed E-state index contributed by atoms with van der Waals surface area (Å²) in [6, 6.07) is 17.7. The zero-order valence-corrected chi connectivity index (χ0v) is 20.3. The summed E-state index contributed by atoms with van der Waals surface area (Å²) in [5.41, 5.74) is 2.47. The molecule has 0 spiro atoms. The number of anilines is 1. The Kier molecular flexibility index (Phi) is 5.04. The molecule has 2 aromatic heterocycles. The number of aryl methyl sites for hydroxylation is 1. The summed E-state index contributed by atoms with van der Waals surface area (Å²) in [7, 11) is 4.56. The van der Waals surface area contributed by atoms with Crippen molar-refractivity contribution in [2.45, 2.75) is 6.04 Å². The number of fused-ring (bicyclic) bond motifs is 5. The van der Waals surface area contributed by atoms with Crippen molar-refractivity contribution in [1.82, 2.24) is 13.7 Å². The fourth-order valence-electron chi connectivity index (χ4n) is 5.22. The summed E-state index contributed by atoms with van der Waals surface area (Å²) in [6.45, 7) is 0. The number of methoxy groups -OCH3 is 1. The predicted molar refractivity (Wildman–Crippen MR) is 138 cm³/mol. The van der Waals surface area contributed by atoms with Crippen molar-refractivity contribution in [2.75, 3.05) is 12.4 Å². The molecule has 0 fully saturated rings. The van der Waals surface area contributed by atoms with Gasteiger partial charge in [0.05, 0.1) is 46.8 Å². The van der Waals surface area contributed by atoms with Gasteiger partial charge in [0, 0.05) is 19.7 Å². The summed E-state index contributed by atoms with van der Waals surface area (Å²) >= 11 is 0. The zero-order chi connectivity index (χ0) is 26.0. The third-order valence-corrected chi connectivity index (χ3v) is 6.98. The number of rotatable bonds is 3. The van der Waals surface area contributed by atoms with E-state index in [9.17, 15) is 14.0 Å². The van der Waals surface area contributed by atoms with Crippen molar-refractivity contribution in [3.63, 3.8) is 0 Å². The van der Waals surface area contributed by atoms with Gasteiger partial charge in [0.15, 0.2) is 11.6 Å². The third kappa shape index (κ3) is 3.16. The quantitative estimate of drug-likeness (QED) is 0.396. The van der Waals surface area contributed by atoms with Gasteiger partial charge in [-0.3, -0.25) is 13.9 Å². The van der Waals surface area contributed by atoms with Crippen molar-refractivity contribution in [3.8, 4) is 22.7 Å². The molecule has 0 amide bonds. The van der Waals surface area contributed by atoms with Crippen LogP contribution >= 0.6 is 0 Å². The zero-order valence-electron chi connectivity index (χ0n) is 20.3. The first-order valence-electron chi connectivity index (χ1n) is 11.6. The summed E-state index contributed by atoms with van der Waals surface area (Å²) in [4.78, 5) is 26.7. The maximum absolute atomic E-state index is 15.2. The highest BCUT2D eigenvalue weighted by atomic mass is 19.2. The number of aromatic nitrogens is 3. The number of hydrogen-bond acceptors (Lipinski definition) is 4.